The molecular formula is C14H16N4O2S. The van der Waals surface area contributed by atoms with Gasteiger partial charge in [-0.3, -0.25) is 4.79 Å². The minimum atomic E-state index is -0.139. The second-order valence-corrected chi connectivity index (χ2v) is 5.71. The summed E-state index contributed by atoms with van der Waals surface area (Å²) in [5.74, 6) is 1.19. The number of carbonyl (C=O) groups is 1. The lowest BCUT2D eigenvalue weighted by atomic mass is 10.3. The summed E-state index contributed by atoms with van der Waals surface area (Å²) in [6, 6.07) is 3.66. The SMILES string of the molecule is Cc1csc(C(=O)Nc2cc(N3CCOCC3)ncn2)c1. The van der Waals surface area contributed by atoms with Crippen molar-refractivity contribution in [3.8, 4) is 0 Å². The second kappa shape index (κ2) is 6.19. The Morgan fingerprint density at radius 2 is 2.14 bits per heavy atom. The Morgan fingerprint density at radius 3 is 2.86 bits per heavy atom. The van der Waals surface area contributed by atoms with Gasteiger partial charge in [0.25, 0.3) is 5.91 Å². The van der Waals surface area contributed by atoms with Crippen molar-refractivity contribution in [2.45, 2.75) is 6.92 Å². The van der Waals surface area contributed by atoms with Crippen molar-refractivity contribution < 1.29 is 9.53 Å². The normalized spacial score (nSPS) is 15.0. The predicted octanol–water partition coefficient (Wildman–Crippen LogP) is 1.94. The molecule has 2 aromatic heterocycles. The van der Waals surface area contributed by atoms with E-state index in [1.807, 2.05) is 18.4 Å². The highest BCUT2D eigenvalue weighted by Gasteiger charge is 2.14. The van der Waals surface area contributed by atoms with Crippen LogP contribution >= 0.6 is 11.3 Å². The summed E-state index contributed by atoms with van der Waals surface area (Å²) >= 11 is 1.43. The van der Waals surface area contributed by atoms with Crippen LogP contribution in [0, 0.1) is 6.92 Å². The first-order chi connectivity index (χ1) is 10.2. The van der Waals surface area contributed by atoms with Gasteiger partial charge in [0, 0.05) is 19.2 Å². The number of ether oxygens (including phenoxy) is 1. The highest BCUT2D eigenvalue weighted by atomic mass is 32.1. The number of morpholine rings is 1. The highest BCUT2D eigenvalue weighted by Crippen LogP contribution is 2.18. The molecule has 1 amide bonds. The van der Waals surface area contributed by atoms with Crippen LogP contribution in [0.5, 0.6) is 0 Å². The smallest absolute Gasteiger partial charge is 0.266 e. The maximum Gasteiger partial charge on any atom is 0.266 e. The molecule has 3 heterocycles. The van der Waals surface area contributed by atoms with E-state index in [9.17, 15) is 4.79 Å². The van der Waals surface area contributed by atoms with Gasteiger partial charge in [0.05, 0.1) is 18.1 Å². The lowest BCUT2D eigenvalue weighted by Gasteiger charge is -2.27. The summed E-state index contributed by atoms with van der Waals surface area (Å²) in [6.45, 7) is 4.96. The molecule has 0 spiro atoms. The lowest BCUT2D eigenvalue weighted by molar-refractivity contribution is 0.103. The molecule has 0 aromatic carbocycles. The molecule has 7 heteroatoms. The van der Waals surface area contributed by atoms with Gasteiger partial charge in [0.1, 0.15) is 18.0 Å². The molecule has 0 saturated carbocycles. The number of aryl methyl sites for hydroxylation is 1. The molecule has 1 aliphatic heterocycles. The molecule has 0 bridgehead atoms. The van der Waals surface area contributed by atoms with E-state index in [0.29, 0.717) is 23.9 Å². The van der Waals surface area contributed by atoms with Gasteiger partial charge in [-0.25, -0.2) is 9.97 Å². The first kappa shape index (κ1) is 14.0. The Kier molecular flexibility index (Phi) is 4.12. The largest absolute Gasteiger partial charge is 0.378 e. The topological polar surface area (TPSA) is 67.4 Å². The molecule has 0 aliphatic carbocycles. The summed E-state index contributed by atoms with van der Waals surface area (Å²) in [6.07, 6.45) is 1.47. The number of nitrogens with one attached hydrogen (secondary N) is 1. The third-order valence-electron chi connectivity index (χ3n) is 3.18. The van der Waals surface area contributed by atoms with E-state index in [1.165, 1.54) is 17.7 Å². The Hall–Kier alpha value is -1.99. The first-order valence-corrected chi connectivity index (χ1v) is 7.61. The van der Waals surface area contributed by atoms with Crippen LogP contribution in [-0.4, -0.2) is 42.2 Å². The Bertz CT molecular complexity index is 637. The number of nitrogens with zero attached hydrogens (tertiary/aromatic N) is 3. The number of aromatic nitrogens is 2. The van der Waals surface area contributed by atoms with Crippen LogP contribution in [0.2, 0.25) is 0 Å². The highest BCUT2D eigenvalue weighted by molar-refractivity contribution is 7.12. The number of hydrogen-bond donors (Lipinski definition) is 1. The van der Waals surface area contributed by atoms with E-state index in [-0.39, 0.29) is 5.91 Å². The van der Waals surface area contributed by atoms with Crippen LogP contribution in [0.3, 0.4) is 0 Å². The Morgan fingerprint density at radius 1 is 1.33 bits per heavy atom. The molecule has 0 radical (unpaired) electrons. The molecule has 1 saturated heterocycles. The van der Waals surface area contributed by atoms with Crippen molar-refractivity contribution in [3.05, 3.63) is 34.3 Å². The zero-order valence-corrected chi connectivity index (χ0v) is 12.5. The van der Waals surface area contributed by atoms with Gasteiger partial charge in [-0.15, -0.1) is 11.3 Å². The Balaban J connectivity index is 1.72. The number of anilines is 2. The second-order valence-electron chi connectivity index (χ2n) is 4.80. The van der Waals surface area contributed by atoms with E-state index >= 15 is 0 Å². The fourth-order valence-electron chi connectivity index (χ4n) is 2.11. The molecule has 1 fully saturated rings. The number of rotatable bonds is 3. The summed E-state index contributed by atoms with van der Waals surface area (Å²) in [7, 11) is 0. The van der Waals surface area contributed by atoms with E-state index < -0.39 is 0 Å². The van der Waals surface area contributed by atoms with Gasteiger partial charge < -0.3 is 15.0 Å². The monoisotopic (exact) mass is 304 g/mol. The van der Waals surface area contributed by atoms with Gasteiger partial charge in [-0.1, -0.05) is 0 Å². The number of amides is 1. The zero-order valence-electron chi connectivity index (χ0n) is 11.7. The molecular weight excluding hydrogens is 288 g/mol. The maximum atomic E-state index is 12.1. The van der Waals surface area contributed by atoms with E-state index in [4.69, 9.17) is 4.74 Å². The molecule has 0 atom stereocenters. The van der Waals surface area contributed by atoms with E-state index in [1.54, 1.807) is 6.07 Å². The van der Waals surface area contributed by atoms with E-state index in [0.717, 1.165) is 24.5 Å². The van der Waals surface area contributed by atoms with Gasteiger partial charge in [-0.05, 0) is 23.9 Å². The van der Waals surface area contributed by atoms with Crippen molar-refractivity contribution in [2.24, 2.45) is 0 Å². The maximum absolute atomic E-state index is 12.1. The van der Waals surface area contributed by atoms with Crippen molar-refractivity contribution in [1.29, 1.82) is 0 Å². The van der Waals surface area contributed by atoms with Gasteiger partial charge in [0.2, 0.25) is 0 Å². The molecule has 0 unspecified atom stereocenters. The third-order valence-corrected chi connectivity index (χ3v) is 4.23. The van der Waals surface area contributed by atoms with Gasteiger partial charge in [-0.2, -0.15) is 0 Å². The number of thiophene rings is 1. The van der Waals surface area contributed by atoms with Crippen LogP contribution in [0.25, 0.3) is 0 Å². The van der Waals surface area contributed by atoms with Crippen LogP contribution in [-0.2, 0) is 4.74 Å². The van der Waals surface area contributed by atoms with Crippen LogP contribution < -0.4 is 10.2 Å². The van der Waals surface area contributed by atoms with Crippen molar-refractivity contribution >= 4 is 28.9 Å². The summed E-state index contributed by atoms with van der Waals surface area (Å²) in [5.41, 5.74) is 1.09. The molecule has 21 heavy (non-hydrogen) atoms. The molecule has 1 N–H and O–H groups in total. The zero-order chi connectivity index (χ0) is 14.7. The van der Waals surface area contributed by atoms with Crippen molar-refractivity contribution in [2.75, 3.05) is 36.5 Å². The third kappa shape index (κ3) is 3.37. The summed E-state index contributed by atoms with van der Waals surface area (Å²) in [5, 5.41) is 4.77. The van der Waals surface area contributed by atoms with Crippen molar-refractivity contribution in [3.63, 3.8) is 0 Å². The van der Waals surface area contributed by atoms with Crippen molar-refractivity contribution in [1.82, 2.24) is 9.97 Å². The Labute approximate surface area is 126 Å². The minimum absolute atomic E-state index is 0.139. The molecule has 110 valence electrons. The average Bonchev–Trinajstić information content (AvgIpc) is 2.95. The van der Waals surface area contributed by atoms with E-state index in [2.05, 4.69) is 20.2 Å². The lowest BCUT2D eigenvalue weighted by Crippen LogP contribution is -2.36. The van der Waals surface area contributed by atoms with Gasteiger partial charge in [0.15, 0.2) is 0 Å². The quantitative estimate of drug-likeness (QED) is 0.938. The van der Waals surface area contributed by atoms with Gasteiger partial charge >= 0.3 is 0 Å². The first-order valence-electron chi connectivity index (χ1n) is 6.73. The predicted molar refractivity (Wildman–Crippen MR) is 82.1 cm³/mol. The summed E-state index contributed by atoms with van der Waals surface area (Å²) in [4.78, 5) is 23.3. The summed E-state index contributed by atoms with van der Waals surface area (Å²) < 4.78 is 5.32. The minimum Gasteiger partial charge on any atom is -0.378 e. The number of carbonyl (C=O) groups excluding carboxylic acids is 1. The van der Waals surface area contributed by atoms with Crippen LogP contribution in [0.1, 0.15) is 15.2 Å². The fraction of sp³-hybridized carbons (Fsp3) is 0.357. The molecule has 2 aromatic rings. The average molecular weight is 304 g/mol. The number of hydrogen-bond acceptors (Lipinski definition) is 6. The fourth-order valence-corrected chi connectivity index (χ4v) is 2.90. The van der Waals surface area contributed by atoms with Crippen LogP contribution in [0.15, 0.2) is 23.8 Å². The standard InChI is InChI=1S/C14H16N4O2S/c1-10-6-11(21-8-10)14(19)17-12-7-13(16-9-15-12)18-2-4-20-5-3-18/h6-9H,2-5H2,1H3,(H,15,16,17,19). The van der Waals surface area contributed by atoms with Crippen LogP contribution in [0.4, 0.5) is 11.6 Å². The molecule has 1 aliphatic rings. The molecule has 3 rings (SSSR count). The molecule has 6 nitrogen and oxygen atoms in total.